The zero-order valence-electron chi connectivity index (χ0n) is 9.75. The molecule has 0 fully saturated rings. The van der Waals surface area contributed by atoms with Gasteiger partial charge in [-0.1, -0.05) is 13.3 Å². The summed E-state index contributed by atoms with van der Waals surface area (Å²) in [5, 5.41) is 7.83. The number of hydrogen-bond acceptors (Lipinski definition) is 2. The molecule has 0 aromatic carbocycles. The van der Waals surface area contributed by atoms with E-state index in [0.29, 0.717) is 5.92 Å². The summed E-state index contributed by atoms with van der Waals surface area (Å²) in [6, 6.07) is 2.27. The first-order valence-electron chi connectivity index (χ1n) is 5.80. The van der Waals surface area contributed by atoms with Crippen LogP contribution in [0.25, 0.3) is 0 Å². The van der Waals surface area contributed by atoms with Gasteiger partial charge in [0.2, 0.25) is 0 Å². The summed E-state index contributed by atoms with van der Waals surface area (Å²) in [4.78, 5) is 12.9. The van der Waals surface area contributed by atoms with Gasteiger partial charge in [0.25, 0.3) is 0 Å². The molecule has 2 unspecified atom stereocenters. The van der Waals surface area contributed by atoms with E-state index in [1.165, 1.54) is 16.9 Å². The molecule has 2 amide bonds. The fraction of sp³-hybridized carbons (Fsp3) is 0.583. The van der Waals surface area contributed by atoms with Crippen LogP contribution >= 0.6 is 11.3 Å². The summed E-state index contributed by atoms with van der Waals surface area (Å²) in [6.07, 6.45) is 3.46. The van der Waals surface area contributed by atoms with Crippen molar-refractivity contribution in [3.05, 3.63) is 21.9 Å². The van der Waals surface area contributed by atoms with Crippen molar-refractivity contribution >= 4 is 17.4 Å². The molecule has 1 aromatic rings. The van der Waals surface area contributed by atoms with Crippen LogP contribution in [0.5, 0.6) is 0 Å². The van der Waals surface area contributed by atoms with Gasteiger partial charge in [-0.15, -0.1) is 11.3 Å². The SMILES string of the molecule is CCC1CCc2sccc2C1NC(=O)NC. The van der Waals surface area contributed by atoms with Crippen molar-refractivity contribution in [2.24, 2.45) is 5.92 Å². The molecule has 0 saturated carbocycles. The first-order chi connectivity index (χ1) is 7.76. The Kier molecular flexibility index (Phi) is 3.49. The molecule has 1 aromatic heterocycles. The van der Waals surface area contributed by atoms with Gasteiger partial charge in [0.05, 0.1) is 6.04 Å². The molecule has 4 heteroatoms. The van der Waals surface area contributed by atoms with E-state index < -0.39 is 0 Å². The molecule has 2 N–H and O–H groups in total. The number of carbonyl (C=O) groups excluding carboxylic acids is 1. The minimum absolute atomic E-state index is 0.0810. The molecular weight excluding hydrogens is 220 g/mol. The van der Waals surface area contributed by atoms with Crippen LogP contribution in [-0.4, -0.2) is 13.1 Å². The zero-order chi connectivity index (χ0) is 11.5. The lowest BCUT2D eigenvalue weighted by molar-refractivity contribution is 0.229. The van der Waals surface area contributed by atoms with Crippen LogP contribution in [0.3, 0.4) is 0 Å². The lowest BCUT2D eigenvalue weighted by atomic mass is 9.82. The van der Waals surface area contributed by atoms with Gasteiger partial charge in [-0.25, -0.2) is 4.79 Å². The largest absolute Gasteiger partial charge is 0.341 e. The maximum Gasteiger partial charge on any atom is 0.315 e. The lowest BCUT2D eigenvalue weighted by Gasteiger charge is -2.31. The summed E-state index contributed by atoms with van der Waals surface area (Å²) < 4.78 is 0. The highest BCUT2D eigenvalue weighted by molar-refractivity contribution is 7.10. The van der Waals surface area contributed by atoms with Crippen molar-refractivity contribution in [1.82, 2.24) is 10.6 Å². The van der Waals surface area contributed by atoms with Gasteiger partial charge >= 0.3 is 6.03 Å². The van der Waals surface area contributed by atoms with E-state index >= 15 is 0 Å². The second kappa shape index (κ2) is 4.87. The van der Waals surface area contributed by atoms with E-state index in [1.54, 1.807) is 18.4 Å². The molecule has 0 aliphatic heterocycles. The van der Waals surface area contributed by atoms with E-state index in [2.05, 4.69) is 29.0 Å². The van der Waals surface area contributed by atoms with Crippen LogP contribution in [-0.2, 0) is 6.42 Å². The molecule has 3 nitrogen and oxygen atoms in total. The quantitative estimate of drug-likeness (QED) is 0.817. The highest BCUT2D eigenvalue weighted by Gasteiger charge is 2.30. The first-order valence-corrected chi connectivity index (χ1v) is 6.68. The maximum absolute atomic E-state index is 11.5. The van der Waals surface area contributed by atoms with Gasteiger partial charge in [-0.05, 0) is 35.8 Å². The second-order valence-corrected chi connectivity index (χ2v) is 5.21. The topological polar surface area (TPSA) is 41.1 Å². The molecule has 1 aliphatic rings. The third kappa shape index (κ3) is 2.07. The molecule has 1 aliphatic carbocycles. The highest BCUT2D eigenvalue weighted by atomic mass is 32.1. The zero-order valence-corrected chi connectivity index (χ0v) is 10.6. The van der Waals surface area contributed by atoms with Gasteiger partial charge in [-0.2, -0.15) is 0 Å². The highest BCUT2D eigenvalue weighted by Crippen LogP contribution is 2.38. The van der Waals surface area contributed by atoms with Crippen LogP contribution < -0.4 is 10.6 Å². The molecule has 1 heterocycles. The minimum atomic E-state index is -0.0810. The Bertz CT molecular complexity index is 375. The standard InChI is InChI=1S/C12H18N2OS/c1-3-8-4-5-10-9(6-7-16-10)11(8)14-12(15)13-2/h6-8,11H,3-5H2,1-2H3,(H2,13,14,15). The molecule has 2 atom stereocenters. The Hall–Kier alpha value is -1.03. The number of amides is 2. The molecule has 0 bridgehead atoms. The van der Waals surface area contributed by atoms with E-state index in [9.17, 15) is 4.79 Å². The Labute approximate surface area is 100 Å². The number of rotatable bonds is 2. The first kappa shape index (κ1) is 11.5. The number of thiophene rings is 1. The van der Waals surface area contributed by atoms with Crippen molar-refractivity contribution in [2.75, 3.05) is 7.05 Å². The van der Waals surface area contributed by atoms with E-state index in [1.807, 2.05) is 0 Å². The van der Waals surface area contributed by atoms with Gasteiger partial charge < -0.3 is 10.6 Å². The summed E-state index contributed by atoms with van der Waals surface area (Å²) in [6.45, 7) is 2.19. The van der Waals surface area contributed by atoms with Crippen LogP contribution in [0.2, 0.25) is 0 Å². The number of carbonyl (C=O) groups is 1. The third-order valence-corrected chi connectivity index (χ3v) is 4.36. The van der Waals surface area contributed by atoms with E-state index in [-0.39, 0.29) is 12.1 Å². The molecule has 0 spiro atoms. The number of aryl methyl sites for hydroxylation is 1. The van der Waals surface area contributed by atoms with Gasteiger partial charge in [-0.3, -0.25) is 0 Å². The Morgan fingerprint density at radius 2 is 2.44 bits per heavy atom. The number of hydrogen-bond donors (Lipinski definition) is 2. The molecule has 0 saturated heterocycles. The number of fused-ring (bicyclic) bond motifs is 1. The minimum Gasteiger partial charge on any atom is -0.341 e. The lowest BCUT2D eigenvalue weighted by Crippen LogP contribution is -2.40. The van der Waals surface area contributed by atoms with Crippen LogP contribution in [0, 0.1) is 5.92 Å². The third-order valence-electron chi connectivity index (χ3n) is 3.37. The molecular formula is C12H18N2OS. The second-order valence-electron chi connectivity index (χ2n) is 4.21. The average molecular weight is 238 g/mol. The molecule has 16 heavy (non-hydrogen) atoms. The molecule has 0 radical (unpaired) electrons. The van der Waals surface area contributed by atoms with Crippen molar-refractivity contribution in [2.45, 2.75) is 32.2 Å². The van der Waals surface area contributed by atoms with Crippen LogP contribution in [0.15, 0.2) is 11.4 Å². The fourth-order valence-electron chi connectivity index (χ4n) is 2.42. The van der Waals surface area contributed by atoms with Crippen molar-refractivity contribution < 1.29 is 4.79 Å². The van der Waals surface area contributed by atoms with Crippen molar-refractivity contribution in [3.63, 3.8) is 0 Å². The fourth-order valence-corrected chi connectivity index (χ4v) is 3.36. The Balaban J connectivity index is 2.21. The van der Waals surface area contributed by atoms with Crippen molar-refractivity contribution in [3.8, 4) is 0 Å². The van der Waals surface area contributed by atoms with Crippen LogP contribution in [0.4, 0.5) is 4.79 Å². The predicted molar refractivity (Wildman–Crippen MR) is 66.8 cm³/mol. The number of nitrogens with one attached hydrogen (secondary N) is 2. The van der Waals surface area contributed by atoms with Gasteiger partial charge in [0, 0.05) is 11.9 Å². The average Bonchev–Trinajstić information content (AvgIpc) is 2.77. The predicted octanol–water partition coefficient (Wildman–Crippen LogP) is 2.69. The summed E-state index contributed by atoms with van der Waals surface area (Å²) >= 11 is 1.80. The summed E-state index contributed by atoms with van der Waals surface area (Å²) in [5.74, 6) is 0.569. The molecule has 88 valence electrons. The van der Waals surface area contributed by atoms with Gasteiger partial charge in [0.1, 0.15) is 0 Å². The Morgan fingerprint density at radius 3 is 3.12 bits per heavy atom. The molecule has 2 rings (SSSR count). The smallest absolute Gasteiger partial charge is 0.315 e. The van der Waals surface area contributed by atoms with Crippen molar-refractivity contribution in [1.29, 1.82) is 0 Å². The maximum atomic E-state index is 11.5. The van der Waals surface area contributed by atoms with E-state index in [0.717, 1.165) is 12.8 Å². The van der Waals surface area contributed by atoms with Gasteiger partial charge in [0.15, 0.2) is 0 Å². The Morgan fingerprint density at radius 1 is 1.62 bits per heavy atom. The summed E-state index contributed by atoms with van der Waals surface area (Å²) in [5.41, 5.74) is 1.33. The monoisotopic (exact) mass is 238 g/mol. The van der Waals surface area contributed by atoms with E-state index in [4.69, 9.17) is 0 Å². The van der Waals surface area contributed by atoms with Crippen LogP contribution in [0.1, 0.15) is 36.2 Å². The normalized spacial score (nSPS) is 23.6. The summed E-state index contributed by atoms with van der Waals surface area (Å²) in [7, 11) is 1.66. The number of urea groups is 1.